The van der Waals surface area contributed by atoms with Gasteiger partial charge in [-0.3, -0.25) is 4.79 Å². The number of rotatable bonds is 3. The summed E-state index contributed by atoms with van der Waals surface area (Å²) in [6.45, 7) is 2.32. The molecule has 1 amide bonds. The maximum absolute atomic E-state index is 12.0. The lowest BCUT2D eigenvalue weighted by molar-refractivity contribution is -0.150. The zero-order chi connectivity index (χ0) is 13.8. The van der Waals surface area contributed by atoms with Crippen LogP contribution in [0.15, 0.2) is 22.6 Å². The lowest BCUT2D eigenvalue weighted by Gasteiger charge is -2.32. The fraction of sp³-hybridized carbons (Fsp3) is 0.429. The van der Waals surface area contributed by atoms with Gasteiger partial charge in [0.05, 0.1) is 0 Å². The maximum atomic E-state index is 12.0. The Morgan fingerprint density at radius 1 is 1.42 bits per heavy atom. The van der Waals surface area contributed by atoms with Crippen molar-refractivity contribution in [1.82, 2.24) is 4.90 Å². The summed E-state index contributed by atoms with van der Waals surface area (Å²) < 4.78 is 5.32. The number of nitrogens with zero attached hydrogens (tertiary/aromatic N) is 1. The van der Waals surface area contributed by atoms with Crippen LogP contribution >= 0.6 is 0 Å². The van der Waals surface area contributed by atoms with E-state index in [0.29, 0.717) is 18.7 Å². The van der Waals surface area contributed by atoms with Crippen molar-refractivity contribution in [2.45, 2.75) is 32.2 Å². The Hall–Kier alpha value is -2.04. The first-order chi connectivity index (χ1) is 9.08. The molecule has 0 aliphatic carbocycles. The van der Waals surface area contributed by atoms with Gasteiger partial charge in [0.25, 0.3) is 0 Å². The summed E-state index contributed by atoms with van der Waals surface area (Å²) in [6, 6.07) is 2.87. The molecule has 5 nitrogen and oxygen atoms in total. The van der Waals surface area contributed by atoms with Crippen LogP contribution in [0.4, 0.5) is 0 Å². The van der Waals surface area contributed by atoms with Crippen LogP contribution in [0.25, 0.3) is 6.08 Å². The molecule has 0 spiro atoms. The van der Waals surface area contributed by atoms with Crippen molar-refractivity contribution in [1.29, 1.82) is 0 Å². The second-order valence-corrected chi connectivity index (χ2v) is 4.66. The highest BCUT2D eigenvalue weighted by molar-refractivity contribution is 5.94. The van der Waals surface area contributed by atoms with Crippen molar-refractivity contribution in [2.75, 3.05) is 6.54 Å². The summed E-state index contributed by atoms with van der Waals surface area (Å²) >= 11 is 0. The number of aryl methyl sites for hydroxylation is 1. The van der Waals surface area contributed by atoms with Crippen LogP contribution in [-0.2, 0) is 9.59 Å². The Bertz CT molecular complexity index is 503. The van der Waals surface area contributed by atoms with Gasteiger partial charge in [0, 0.05) is 12.6 Å². The topological polar surface area (TPSA) is 70.8 Å². The molecule has 0 bridgehead atoms. The molecule has 19 heavy (non-hydrogen) atoms. The van der Waals surface area contributed by atoms with Crippen molar-refractivity contribution in [3.05, 3.63) is 29.7 Å². The predicted octanol–water partition coefficient (Wildman–Crippen LogP) is 2.07. The van der Waals surface area contributed by atoms with Crippen LogP contribution in [0.2, 0.25) is 0 Å². The minimum Gasteiger partial charge on any atom is -0.480 e. The number of carboxylic acids is 1. The molecule has 0 aromatic carbocycles. The molecule has 2 rings (SSSR count). The summed E-state index contributed by atoms with van der Waals surface area (Å²) in [5.41, 5.74) is 0. The van der Waals surface area contributed by atoms with E-state index in [2.05, 4.69) is 0 Å². The Morgan fingerprint density at radius 3 is 2.84 bits per heavy atom. The van der Waals surface area contributed by atoms with E-state index in [1.165, 1.54) is 11.0 Å². The van der Waals surface area contributed by atoms with Crippen molar-refractivity contribution in [3.63, 3.8) is 0 Å². The normalized spacial score (nSPS) is 19.8. The molecule has 0 unspecified atom stereocenters. The number of hydrogen-bond donors (Lipinski definition) is 1. The molecule has 1 aliphatic rings. The van der Waals surface area contributed by atoms with Crippen LogP contribution in [0.5, 0.6) is 0 Å². The maximum Gasteiger partial charge on any atom is 0.326 e. The highest BCUT2D eigenvalue weighted by Gasteiger charge is 2.30. The monoisotopic (exact) mass is 263 g/mol. The van der Waals surface area contributed by atoms with Crippen molar-refractivity contribution >= 4 is 18.0 Å². The first kappa shape index (κ1) is 13.4. The fourth-order valence-corrected chi connectivity index (χ4v) is 2.24. The van der Waals surface area contributed by atoms with Crippen LogP contribution in [0.3, 0.4) is 0 Å². The zero-order valence-corrected chi connectivity index (χ0v) is 10.8. The number of piperidine rings is 1. The summed E-state index contributed by atoms with van der Waals surface area (Å²) in [4.78, 5) is 24.6. The van der Waals surface area contributed by atoms with Gasteiger partial charge < -0.3 is 14.4 Å². The molecular weight excluding hydrogens is 246 g/mol. The minimum absolute atomic E-state index is 0.277. The first-order valence-corrected chi connectivity index (χ1v) is 6.36. The lowest BCUT2D eigenvalue weighted by Crippen LogP contribution is -2.47. The number of aliphatic carboxylic acids is 1. The number of carboxylic acid groups (broad SMARTS) is 1. The molecule has 5 heteroatoms. The molecule has 0 saturated carbocycles. The molecule has 1 fully saturated rings. The second-order valence-electron chi connectivity index (χ2n) is 4.66. The van der Waals surface area contributed by atoms with Crippen molar-refractivity contribution in [2.24, 2.45) is 0 Å². The third-order valence-corrected chi connectivity index (χ3v) is 3.22. The van der Waals surface area contributed by atoms with E-state index in [9.17, 15) is 9.59 Å². The highest BCUT2D eigenvalue weighted by atomic mass is 16.4. The van der Waals surface area contributed by atoms with Gasteiger partial charge in [0.1, 0.15) is 17.6 Å². The summed E-state index contributed by atoms with van der Waals surface area (Å²) in [6.07, 6.45) is 5.17. The number of hydrogen-bond acceptors (Lipinski definition) is 3. The average molecular weight is 263 g/mol. The van der Waals surface area contributed by atoms with E-state index in [4.69, 9.17) is 9.52 Å². The summed E-state index contributed by atoms with van der Waals surface area (Å²) in [5.74, 6) is 0.152. The Kier molecular flexibility index (Phi) is 4.04. The number of amides is 1. The smallest absolute Gasteiger partial charge is 0.326 e. The Labute approximate surface area is 111 Å². The van der Waals surface area contributed by atoms with E-state index in [0.717, 1.165) is 18.6 Å². The Morgan fingerprint density at radius 2 is 2.21 bits per heavy atom. The van der Waals surface area contributed by atoms with Gasteiger partial charge in [-0.05, 0) is 44.4 Å². The van der Waals surface area contributed by atoms with Crippen LogP contribution in [0, 0.1) is 6.92 Å². The van der Waals surface area contributed by atoms with E-state index in [1.54, 1.807) is 12.1 Å². The molecule has 1 N–H and O–H groups in total. The van der Waals surface area contributed by atoms with Gasteiger partial charge in [0.2, 0.25) is 5.91 Å². The quantitative estimate of drug-likeness (QED) is 0.847. The lowest BCUT2D eigenvalue weighted by atomic mass is 10.0. The SMILES string of the molecule is Cc1ccc(/C=C\C(=O)N2CCCC[C@H]2C(=O)O)o1. The molecular formula is C14H17NO4. The molecule has 1 saturated heterocycles. The number of carbonyl (C=O) groups excluding carboxylic acids is 1. The molecule has 1 atom stereocenters. The van der Waals surface area contributed by atoms with E-state index in [-0.39, 0.29) is 5.91 Å². The van der Waals surface area contributed by atoms with Gasteiger partial charge in [-0.1, -0.05) is 0 Å². The number of furan rings is 1. The van der Waals surface area contributed by atoms with Gasteiger partial charge in [0.15, 0.2) is 0 Å². The van der Waals surface area contributed by atoms with Gasteiger partial charge in [-0.25, -0.2) is 4.79 Å². The van der Waals surface area contributed by atoms with E-state index >= 15 is 0 Å². The fourth-order valence-electron chi connectivity index (χ4n) is 2.24. The number of likely N-dealkylation sites (tertiary alicyclic amines) is 1. The molecule has 2 heterocycles. The summed E-state index contributed by atoms with van der Waals surface area (Å²) in [5, 5.41) is 9.11. The number of carbonyl (C=O) groups is 2. The van der Waals surface area contributed by atoms with Crippen molar-refractivity contribution < 1.29 is 19.1 Å². The van der Waals surface area contributed by atoms with Gasteiger partial charge in [-0.15, -0.1) is 0 Å². The minimum atomic E-state index is -0.935. The largest absolute Gasteiger partial charge is 0.480 e. The van der Waals surface area contributed by atoms with E-state index in [1.807, 2.05) is 13.0 Å². The van der Waals surface area contributed by atoms with Crippen molar-refractivity contribution in [3.8, 4) is 0 Å². The summed E-state index contributed by atoms with van der Waals surface area (Å²) in [7, 11) is 0. The third-order valence-electron chi connectivity index (χ3n) is 3.22. The first-order valence-electron chi connectivity index (χ1n) is 6.36. The molecule has 1 aromatic rings. The van der Waals surface area contributed by atoms with Crippen LogP contribution in [-0.4, -0.2) is 34.5 Å². The molecule has 1 aliphatic heterocycles. The van der Waals surface area contributed by atoms with Gasteiger partial charge >= 0.3 is 5.97 Å². The standard InChI is InChI=1S/C14H17NO4/c1-10-5-6-11(19-10)7-8-13(16)15-9-3-2-4-12(15)14(17)18/h5-8,12H,2-4,9H2,1H3,(H,17,18)/b8-7-/t12-/m0/s1. The Balaban J connectivity index is 2.05. The second kappa shape index (κ2) is 5.73. The highest BCUT2D eigenvalue weighted by Crippen LogP contribution is 2.18. The molecule has 0 radical (unpaired) electrons. The molecule has 1 aromatic heterocycles. The van der Waals surface area contributed by atoms with Gasteiger partial charge in [-0.2, -0.15) is 0 Å². The van der Waals surface area contributed by atoms with Crippen LogP contribution < -0.4 is 0 Å². The van der Waals surface area contributed by atoms with E-state index < -0.39 is 12.0 Å². The van der Waals surface area contributed by atoms with Crippen LogP contribution in [0.1, 0.15) is 30.8 Å². The molecule has 102 valence electrons. The zero-order valence-electron chi connectivity index (χ0n) is 10.8. The predicted molar refractivity (Wildman–Crippen MR) is 69.5 cm³/mol. The average Bonchev–Trinajstić information content (AvgIpc) is 2.81. The third kappa shape index (κ3) is 3.24.